The average Bonchev–Trinajstić information content (AvgIpc) is 2.81. The summed E-state index contributed by atoms with van der Waals surface area (Å²) in [6, 6.07) is 14.9. The van der Waals surface area contributed by atoms with Crippen LogP contribution < -0.4 is 17.2 Å². The molecule has 2 aromatic rings. The molecule has 1 fully saturated rings. The Balaban J connectivity index is 1.90. The molecule has 1 aromatic heterocycles. The third-order valence-electron chi connectivity index (χ3n) is 5.30. The molecule has 8 heteroatoms. The maximum absolute atomic E-state index is 6.73. The van der Waals surface area contributed by atoms with Gasteiger partial charge in [0.2, 0.25) is 0 Å². The molecule has 6 N–H and O–H groups in total. The van der Waals surface area contributed by atoms with Crippen molar-refractivity contribution in [2.75, 3.05) is 46.3 Å². The molecule has 0 amide bonds. The second-order valence-electron chi connectivity index (χ2n) is 7.51. The van der Waals surface area contributed by atoms with Crippen LogP contribution in [0.25, 0.3) is 11.4 Å². The van der Waals surface area contributed by atoms with Crippen LogP contribution in [0, 0.1) is 0 Å². The molecule has 2 heterocycles. The number of nitrogens with zero attached hydrogens (tertiary/aromatic N) is 4. The lowest BCUT2D eigenvalue weighted by Gasteiger charge is -2.31. The fourth-order valence-electron chi connectivity index (χ4n) is 3.36. The van der Waals surface area contributed by atoms with Crippen molar-refractivity contribution in [1.29, 1.82) is 0 Å². The molecule has 1 aliphatic heterocycles. The topological polar surface area (TPSA) is 110 Å². The minimum Gasteiger partial charge on any atom is -0.397 e. The van der Waals surface area contributed by atoms with Gasteiger partial charge in [0.15, 0.2) is 0 Å². The second kappa shape index (κ2) is 10.9. The lowest BCUT2D eigenvalue weighted by Crippen LogP contribution is -2.45. The van der Waals surface area contributed by atoms with Crippen LogP contribution in [0.5, 0.6) is 0 Å². The molecule has 0 saturated carbocycles. The summed E-state index contributed by atoms with van der Waals surface area (Å²) in [5.74, 6) is 0.251. The number of halogens is 1. The fraction of sp³-hybridized carbons (Fsp3) is 0.304. The van der Waals surface area contributed by atoms with Crippen LogP contribution in [0.15, 0.2) is 70.3 Å². The Hall–Kier alpha value is -2.87. The van der Waals surface area contributed by atoms with Crippen molar-refractivity contribution >= 4 is 28.8 Å². The number of aliphatic imine (C=N–C) groups is 1. The van der Waals surface area contributed by atoms with Gasteiger partial charge in [-0.15, -0.1) is 0 Å². The summed E-state index contributed by atoms with van der Waals surface area (Å²) in [6.45, 7) is 5.52. The van der Waals surface area contributed by atoms with E-state index in [2.05, 4.69) is 26.8 Å². The molecule has 1 aliphatic rings. The number of amidine groups is 1. The maximum atomic E-state index is 6.73. The fourth-order valence-corrected chi connectivity index (χ4v) is 3.67. The Kier molecular flexibility index (Phi) is 8.06. The number of hydrogen-bond donors (Lipinski definition) is 3. The predicted molar refractivity (Wildman–Crippen MR) is 129 cm³/mol. The van der Waals surface area contributed by atoms with E-state index < -0.39 is 0 Å². The first kappa shape index (κ1) is 22.8. The number of benzene rings is 1. The zero-order valence-corrected chi connectivity index (χ0v) is 18.6. The average molecular weight is 440 g/mol. The monoisotopic (exact) mass is 439 g/mol. The van der Waals surface area contributed by atoms with Crippen molar-refractivity contribution in [1.82, 2.24) is 14.8 Å². The van der Waals surface area contributed by atoms with Gasteiger partial charge in [0.1, 0.15) is 5.84 Å². The summed E-state index contributed by atoms with van der Waals surface area (Å²) < 4.78 is 0. The van der Waals surface area contributed by atoms with Crippen LogP contribution in [-0.2, 0) is 0 Å². The van der Waals surface area contributed by atoms with Gasteiger partial charge in [-0.3, -0.25) is 14.9 Å². The number of aromatic nitrogens is 1. The van der Waals surface area contributed by atoms with Gasteiger partial charge in [0.05, 0.1) is 34.2 Å². The highest BCUT2D eigenvalue weighted by atomic mass is 35.5. The summed E-state index contributed by atoms with van der Waals surface area (Å²) in [7, 11) is 2.14. The molecular weight excluding hydrogens is 410 g/mol. The Morgan fingerprint density at radius 1 is 0.968 bits per heavy atom. The Labute approximate surface area is 188 Å². The lowest BCUT2D eigenvalue weighted by molar-refractivity contribution is 0.157. The molecule has 7 nitrogen and oxygen atoms in total. The standard InChI is InChI=1S/C23H30ClN7/c1-30-13-15-31(16-14-30)12-11-29-23(27)19(22(26)18-9-5-6-10-28-18)20(24)21(25)17-7-3-2-4-8-17/h2-10H,11-16,25-26H2,1H3,(H2,27,29)/b21-20+,22-19?. The molecule has 0 atom stereocenters. The molecule has 0 spiro atoms. The van der Waals surface area contributed by atoms with Gasteiger partial charge in [-0.25, -0.2) is 0 Å². The van der Waals surface area contributed by atoms with Crippen LogP contribution in [0.1, 0.15) is 11.3 Å². The van der Waals surface area contributed by atoms with Crippen molar-refractivity contribution in [2.24, 2.45) is 22.2 Å². The summed E-state index contributed by atoms with van der Waals surface area (Å²) in [4.78, 5) is 13.6. The van der Waals surface area contributed by atoms with Crippen molar-refractivity contribution in [3.8, 4) is 0 Å². The van der Waals surface area contributed by atoms with E-state index in [1.165, 1.54) is 0 Å². The van der Waals surface area contributed by atoms with Gasteiger partial charge >= 0.3 is 0 Å². The third-order valence-corrected chi connectivity index (χ3v) is 5.69. The van der Waals surface area contributed by atoms with E-state index >= 15 is 0 Å². The highest BCUT2D eigenvalue weighted by Gasteiger charge is 2.19. The molecule has 0 radical (unpaired) electrons. The molecule has 31 heavy (non-hydrogen) atoms. The van der Waals surface area contributed by atoms with E-state index in [9.17, 15) is 0 Å². The number of nitrogens with two attached hydrogens (primary N) is 3. The summed E-state index contributed by atoms with van der Waals surface area (Å²) in [6.07, 6.45) is 1.67. The number of rotatable bonds is 7. The molecule has 3 rings (SSSR count). The number of piperazine rings is 1. The van der Waals surface area contributed by atoms with Crippen molar-refractivity contribution in [3.63, 3.8) is 0 Å². The summed E-state index contributed by atoms with van der Waals surface area (Å²) in [5, 5.41) is 0.259. The van der Waals surface area contributed by atoms with Crippen LogP contribution in [0.4, 0.5) is 0 Å². The molecule has 164 valence electrons. The third kappa shape index (κ3) is 6.07. The minimum atomic E-state index is 0.251. The van der Waals surface area contributed by atoms with E-state index in [1.807, 2.05) is 42.5 Å². The highest BCUT2D eigenvalue weighted by molar-refractivity contribution is 6.39. The largest absolute Gasteiger partial charge is 0.397 e. The summed E-state index contributed by atoms with van der Waals surface area (Å²) in [5.41, 5.74) is 21.7. The van der Waals surface area contributed by atoms with Gasteiger partial charge in [-0.2, -0.15) is 0 Å². The Morgan fingerprint density at radius 2 is 1.65 bits per heavy atom. The normalized spacial score (nSPS) is 17.8. The molecule has 1 saturated heterocycles. The maximum Gasteiger partial charge on any atom is 0.129 e. The number of hydrogen-bond acceptors (Lipinski definition) is 6. The molecule has 0 bridgehead atoms. The van der Waals surface area contributed by atoms with Gasteiger partial charge in [0.25, 0.3) is 0 Å². The molecule has 0 aliphatic carbocycles. The Morgan fingerprint density at radius 3 is 2.29 bits per heavy atom. The van der Waals surface area contributed by atoms with E-state index in [0.717, 1.165) is 38.3 Å². The first-order valence-electron chi connectivity index (χ1n) is 10.3. The Bertz CT molecular complexity index is 946. The SMILES string of the molecule is CN1CCN(CCN=C(N)C(=C(N)c2ccccn2)/C(Cl)=C(\N)c2ccccc2)CC1. The van der Waals surface area contributed by atoms with E-state index in [-0.39, 0.29) is 10.9 Å². The lowest BCUT2D eigenvalue weighted by atomic mass is 10.0. The minimum absolute atomic E-state index is 0.251. The van der Waals surface area contributed by atoms with Crippen molar-refractivity contribution < 1.29 is 0 Å². The van der Waals surface area contributed by atoms with E-state index in [0.29, 0.717) is 29.2 Å². The molecular formula is C23H30ClN7. The van der Waals surface area contributed by atoms with Crippen LogP contribution in [-0.4, -0.2) is 66.9 Å². The summed E-state index contributed by atoms with van der Waals surface area (Å²) >= 11 is 6.73. The molecule has 0 unspecified atom stereocenters. The first-order valence-corrected chi connectivity index (χ1v) is 10.7. The van der Waals surface area contributed by atoms with Gasteiger partial charge in [0, 0.05) is 38.9 Å². The van der Waals surface area contributed by atoms with Crippen molar-refractivity contribution in [3.05, 3.63) is 76.6 Å². The zero-order chi connectivity index (χ0) is 22.2. The second-order valence-corrected chi connectivity index (χ2v) is 7.89. The van der Waals surface area contributed by atoms with Crippen LogP contribution in [0.2, 0.25) is 0 Å². The van der Waals surface area contributed by atoms with E-state index in [4.69, 9.17) is 28.8 Å². The first-order chi connectivity index (χ1) is 15.0. The van der Waals surface area contributed by atoms with Gasteiger partial charge < -0.3 is 22.1 Å². The van der Waals surface area contributed by atoms with E-state index in [1.54, 1.807) is 12.3 Å². The van der Waals surface area contributed by atoms with Crippen LogP contribution >= 0.6 is 11.6 Å². The molecule has 1 aromatic carbocycles. The van der Waals surface area contributed by atoms with Crippen molar-refractivity contribution in [2.45, 2.75) is 0 Å². The number of likely N-dealkylation sites (N-methyl/N-ethyl adjacent to an activating group) is 1. The number of pyridine rings is 1. The van der Waals surface area contributed by atoms with Gasteiger partial charge in [-0.05, 0) is 24.7 Å². The zero-order valence-electron chi connectivity index (χ0n) is 17.8. The smallest absolute Gasteiger partial charge is 0.129 e. The van der Waals surface area contributed by atoms with Gasteiger partial charge in [-0.1, -0.05) is 48.0 Å². The quantitative estimate of drug-likeness (QED) is 0.345. The van der Waals surface area contributed by atoms with Crippen LogP contribution in [0.3, 0.4) is 0 Å². The predicted octanol–water partition coefficient (Wildman–Crippen LogP) is 1.92. The highest BCUT2D eigenvalue weighted by Crippen LogP contribution is 2.27.